The van der Waals surface area contributed by atoms with Crippen molar-refractivity contribution in [3.8, 4) is 0 Å². The molecular formula is C19H24N2O4S. The Kier molecular flexibility index (Phi) is 6.50. The van der Waals surface area contributed by atoms with Gasteiger partial charge in [-0.3, -0.25) is 4.79 Å². The van der Waals surface area contributed by atoms with E-state index in [2.05, 4.69) is 10.0 Å². The lowest BCUT2D eigenvalue weighted by atomic mass is 9.99. The third-order valence-corrected chi connectivity index (χ3v) is 5.89. The summed E-state index contributed by atoms with van der Waals surface area (Å²) in [5.41, 5.74) is 0. The van der Waals surface area contributed by atoms with Gasteiger partial charge in [0.15, 0.2) is 0 Å². The fraction of sp³-hybridized carbons (Fsp3) is 0.368. The number of hydrogen-bond acceptors (Lipinski definition) is 4. The summed E-state index contributed by atoms with van der Waals surface area (Å²) in [6.45, 7) is 5.21. The summed E-state index contributed by atoms with van der Waals surface area (Å²) in [6, 6.07) is 10.5. The van der Waals surface area contributed by atoms with Crippen LogP contribution in [0.25, 0.3) is 10.8 Å². The smallest absolute Gasteiger partial charge is 0.241 e. The van der Waals surface area contributed by atoms with Crippen LogP contribution in [-0.4, -0.2) is 32.7 Å². The Bertz CT molecular complexity index is 890. The number of aldehydes is 1. The zero-order chi connectivity index (χ0) is 19.3. The van der Waals surface area contributed by atoms with Crippen molar-refractivity contribution in [2.45, 2.75) is 44.2 Å². The summed E-state index contributed by atoms with van der Waals surface area (Å²) in [6.07, 6.45) is 1.20. The molecule has 2 aromatic rings. The third-order valence-electron chi connectivity index (χ3n) is 4.39. The van der Waals surface area contributed by atoms with Crippen molar-refractivity contribution in [1.82, 2.24) is 10.0 Å². The molecule has 3 atom stereocenters. The number of rotatable bonds is 8. The van der Waals surface area contributed by atoms with Gasteiger partial charge in [-0.15, -0.1) is 0 Å². The van der Waals surface area contributed by atoms with Gasteiger partial charge in [-0.1, -0.05) is 56.7 Å². The first-order chi connectivity index (χ1) is 12.3. The monoisotopic (exact) mass is 376 g/mol. The molecule has 0 saturated carbocycles. The van der Waals surface area contributed by atoms with Gasteiger partial charge in [0, 0.05) is 5.39 Å². The SMILES string of the molecule is CC[C@@H](C)[C@H](NS(=O)(=O)c1cccc2ccccc12)C(=O)N[C@@H](C)C=O. The molecule has 6 nitrogen and oxygen atoms in total. The largest absolute Gasteiger partial charge is 0.345 e. The first-order valence-corrected chi connectivity index (χ1v) is 10.0. The van der Waals surface area contributed by atoms with Gasteiger partial charge in [-0.2, -0.15) is 4.72 Å². The van der Waals surface area contributed by atoms with Gasteiger partial charge in [0.05, 0.1) is 10.9 Å². The number of fused-ring (bicyclic) bond motifs is 1. The maximum absolute atomic E-state index is 13.0. The van der Waals surface area contributed by atoms with Crippen molar-refractivity contribution in [3.05, 3.63) is 42.5 Å². The van der Waals surface area contributed by atoms with Gasteiger partial charge in [0.1, 0.15) is 12.3 Å². The molecule has 2 N–H and O–H groups in total. The van der Waals surface area contributed by atoms with Gasteiger partial charge in [0.25, 0.3) is 0 Å². The minimum absolute atomic E-state index is 0.125. The molecule has 0 aliphatic rings. The van der Waals surface area contributed by atoms with Crippen LogP contribution in [0.5, 0.6) is 0 Å². The molecule has 0 unspecified atom stereocenters. The maximum Gasteiger partial charge on any atom is 0.241 e. The van der Waals surface area contributed by atoms with Crippen molar-refractivity contribution in [2.75, 3.05) is 0 Å². The average Bonchev–Trinajstić information content (AvgIpc) is 2.64. The highest BCUT2D eigenvalue weighted by Crippen LogP contribution is 2.23. The molecule has 0 aliphatic carbocycles. The van der Waals surface area contributed by atoms with E-state index >= 15 is 0 Å². The number of carbonyl (C=O) groups excluding carboxylic acids is 2. The summed E-state index contributed by atoms with van der Waals surface area (Å²) in [5.74, 6) is -0.749. The van der Waals surface area contributed by atoms with Crippen LogP contribution in [0.1, 0.15) is 27.2 Å². The Balaban J connectivity index is 2.39. The molecule has 0 spiro atoms. The molecule has 7 heteroatoms. The molecule has 140 valence electrons. The van der Waals surface area contributed by atoms with Gasteiger partial charge < -0.3 is 10.1 Å². The van der Waals surface area contributed by atoms with Crippen molar-refractivity contribution in [3.63, 3.8) is 0 Å². The first-order valence-electron chi connectivity index (χ1n) is 8.56. The predicted octanol–water partition coefficient (Wildman–Crippen LogP) is 2.24. The second-order valence-corrected chi connectivity index (χ2v) is 8.08. The molecule has 0 saturated heterocycles. The number of amides is 1. The Morgan fingerprint density at radius 1 is 1.12 bits per heavy atom. The van der Waals surface area contributed by atoms with E-state index in [1.807, 2.05) is 25.1 Å². The Labute approximate surface area is 154 Å². The van der Waals surface area contributed by atoms with Crippen molar-refractivity contribution in [2.24, 2.45) is 5.92 Å². The molecule has 26 heavy (non-hydrogen) atoms. The third kappa shape index (κ3) is 4.47. The van der Waals surface area contributed by atoms with E-state index in [-0.39, 0.29) is 10.8 Å². The highest BCUT2D eigenvalue weighted by Gasteiger charge is 2.30. The molecule has 2 aromatic carbocycles. The molecule has 0 heterocycles. The fourth-order valence-corrected chi connectivity index (χ4v) is 4.21. The van der Waals surface area contributed by atoms with E-state index in [0.717, 1.165) is 5.39 Å². The molecule has 0 bridgehead atoms. The van der Waals surface area contributed by atoms with E-state index in [4.69, 9.17) is 0 Å². The van der Waals surface area contributed by atoms with Gasteiger partial charge in [-0.05, 0) is 24.3 Å². The standard InChI is InChI=1S/C19H24N2O4S/c1-4-13(2)18(19(23)20-14(3)12-22)21-26(24,25)17-11-7-9-15-8-5-6-10-16(15)17/h5-14,18,21H,4H2,1-3H3,(H,20,23)/t13-,14+,18+/m1/s1. The molecule has 0 aliphatic heterocycles. The quantitative estimate of drug-likeness (QED) is 0.691. The van der Waals surface area contributed by atoms with E-state index in [0.29, 0.717) is 18.1 Å². The van der Waals surface area contributed by atoms with Crippen molar-refractivity contribution >= 4 is 33.0 Å². The topological polar surface area (TPSA) is 92.3 Å². The molecule has 0 aromatic heterocycles. The van der Waals surface area contributed by atoms with E-state index in [1.54, 1.807) is 25.1 Å². The Morgan fingerprint density at radius 2 is 1.77 bits per heavy atom. The maximum atomic E-state index is 13.0. The van der Waals surface area contributed by atoms with Crippen LogP contribution in [0, 0.1) is 5.92 Å². The highest BCUT2D eigenvalue weighted by atomic mass is 32.2. The van der Waals surface area contributed by atoms with E-state index in [1.165, 1.54) is 13.0 Å². The van der Waals surface area contributed by atoms with E-state index < -0.39 is 28.0 Å². The van der Waals surface area contributed by atoms with Crippen LogP contribution in [0.15, 0.2) is 47.4 Å². The average molecular weight is 376 g/mol. The summed E-state index contributed by atoms with van der Waals surface area (Å²) in [4.78, 5) is 23.4. The van der Waals surface area contributed by atoms with Crippen LogP contribution in [0.3, 0.4) is 0 Å². The van der Waals surface area contributed by atoms with Gasteiger partial charge >= 0.3 is 0 Å². The van der Waals surface area contributed by atoms with Crippen molar-refractivity contribution in [1.29, 1.82) is 0 Å². The second-order valence-electron chi connectivity index (χ2n) is 6.40. The second kappa shape index (κ2) is 8.42. The highest BCUT2D eigenvalue weighted by molar-refractivity contribution is 7.89. The predicted molar refractivity (Wildman–Crippen MR) is 101 cm³/mol. The first kappa shape index (κ1) is 20.1. The van der Waals surface area contributed by atoms with Crippen LogP contribution < -0.4 is 10.0 Å². The summed E-state index contributed by atoms with van der Waals surface area (Å²) >= 11 is 0. The zero-order valence-electron chi connectivity index (χ0n) is 15.1. The van der Waals surface area contributed by atoms with Gasteiger partial charge in [-0.25, -0.2) is 8.42 Å². The summed E-state index contributed by atoms with van der Waals surface area (Å²) in [7, 11) is -3.93. The summed E-state index contributed by atoms with van der Waals surface area (Å²) < 4.78 is 28.5. The number of hydrogen-bond donors (Lipinski definition) is 2. The lowest BCUT2D eigenvalue weighted by molar-refractivity contribution is -0.126. The van der Waals surface area contributed by atoms with Crippen LogP contribution in [0.2, 0.25) is 0 Å². The normalized spacial score (nSPS) is 15.2. The number of nitrogens with one attached hydrogen (secondary N) is 2. The molecule has 0 fully saturated rings. The fourth-order valence-electron chi connectivity index (χ4n) is 2.67. The minimum atomic E-state index is -3.93. The van der Waals surface area contributed by atoms with Crippen LogP contribution >= 0.6 is 0 Å². The minimum Gasteiger partial charge on any atom is -0.345 e. The Hall–Kier alpha value is -2.25. The Morgan fingerprint density at radius 3 is 2.42 bits per heavy atom. The number of sulfonamides is 1. The molecule has 1 amide bonds. The summed E-state index contributed by atoms with van der Waals surface area (Å²) in [5, 5.41) is 3.91. The molecule has 0 radical (unpaired) electrons. The van der Waals surface area contributed by atoms with Gasteiger partial charge in [0.2, 0.25) is 15.9 Å². The molecular weight excluding hydrogens is 352 g/mol. The number of carbonyl (C=O) groups is 2. The molecule has 2 rings (SSSR count). The van der Waals surface area contributed by atoms with Crippen LogP contribution in [-0.2, 0) is 19.6 Å². The number of benzene rings is 2. The lowest BCUT2D eigenvalue weighted by Crippen LogP contribution is -2.52. The van der Waals surface area contributed by atoms with E-state index in [9.17, 15) is 18.0 Å². The van der Waals surface area contributed by atoms with Crippen molar-refractivity contribution < 1.29 is 18.0 Å². The zero-order valence-corrected chi connectivity index (χ0v) is 15.9. The lowest BCUT2D eigenvalue weighted by Gasteiger charge is -2.24. The van der Waals surface area contributed by atoms with Crippen LogP contribution in [0.4, 0.5) is 0 Å².